The second-order valence-corrected chi connectivity index (χ2v) is 1.93. The summed E-state index contributed by atoms with van der Waals surface area (Å²) in [5.74, 6) is 0.517. The molecule has 10 heavy (non-hydrogen) atoms. The zero-order valence-corrected chi connectivity index (χ0v) is 5.79. The van der Waals surface area contributed by atoms with Crippen molar-refractivity contribution >= 4 is 6.01 Å². The molecule has 0 aliphatic rings. The van der Waals surface area contributed by atoms with Crippen LogP contribution in [0, 0.1) is 6.92 Å². The third kappa shape index (κ3) is 1.70. The van der Waals surface area contributed by atoms with E-state index < -0.39 is 6.23 Å². The molecule has 0 spiro atoms. The maximum absolute atomic E-state index is 10.5. The SMILES string of the molecule is Cc1noc(NC(C)[O])n1. The lowest BCUT2D eigenvalue weighted by molar-refractivity contribution is 0.126. The van der Waals surface area contributed by atoms with Crippen LogP contribution in [0.2, 0.25) is 0 Å². The summed E-state index contributed by atoms with van der Waals surface area (Å²) in [5, 5.41) is 16.4. The molecule has 1 rings (SSSR count). The molecule has 0 amide bonds. The minimum absolute atomic E-state index is 0.181. The topological polar surface area (TPSA) is 70.8 Å². The minimum Gasteiger partial charge on any atom is -0.315 e. The molecular formula is C5H8N3O2. The Morgan fingerprint density at radius 2 is 2.40 bits per heavy atom. The molecule has 0 fully saturated rings. The van der Waals surface area contributed by atoms with Gasteiger partial charge in [-0.3, -0.25) is 0 Å². The fraction of sp³-hybridized carbons (Fsp3) is 0.600. The van der Waals surface area contributed by atoms with E-state index in [1.54, 1.807) is 6.92 Å². The van der Waals surface area contributed by atoms with Crippen LogP contribution in [-0.2, 0) is 5.11 Å². The lowest BCUT2D eigenvalue weighted by atomic mass is 10.6. The van der Waals surface area contributed by atoms with Gasteiger partial charge in [0.15, 0.2) is 12.1 Å². The molecule has 1 atom stereocenters. The van der Waals surface area contributed by atoms with E-state index in [2.05, 4.69) is 20.0 Å². The molecule has 0 saturated heterocycles. The average Bonchev–Trinajstić information content (AvgIpc) is 2.13. The highest BCUT2D eigenvalue weighted by atomic mass is 16.5. The van der Waals surface area contributed by atoms with Crippen molar-refractivity contribution < 1.29 is 9.63 Å². The fourth-order valence-electron chi connectivity index (χ4n) is 0.530. The van der Waals surface area contributed by atoms with Gasteiger partial charge in [-0.1, -0.05) is 5.16 Å². The van der Waals surface area contributed by atoms with Crippen molar-refractivity contribution in [1.29, 1.82) is 0 Å². The average molecular weight is 142 g/mol. The molecule has 0 saturated carbocycles. The molecule has 1 heterocycles. The summed E-state index contributed by atoms with van der Waals surface area (Å²) in [6, 6.07) is 0.181. The molecule has 5 heteroatoms. The molecule has 1 aromatic heterocycles. The first kappa shape index (κ1) is 7.01. The van der Waals surface area contributed by atoms with Crippen LogP contribution in [-0.4, -0.2) is 16.4 Å². The lowest BCUT2D eigenvalue weighted by Gasteiger charge is -1.97. The van der Waals surface area contributed by atoms with Crippen LogP contribution in [0.15, 0.2) is 4.52 Å². The van der Waals surface area contributed by atoms with E-state index in [0.717, 1.165) is 0 Å². The largest absolute Gasteiger partial charge is 0.323 e. The van der Waals surface area contributed by atoms with Gasteiger partial charge < -0.3 is 9.84 Å². The first-order chi connectivity index (χ1) is 4.68. The van der Waals surface area contributed by atoms with Crippen LogP contribution in [0.1, 0.15) is 12.7 Å². The Morgan fingerprint density at radius 3 is 2.80 bits per heavy atom. The molecule has 0 aliphatic carbocycles. The van der Waals surface area contributed by atoms with E-state index in [-0.39, 0.29) is 6.01 Å². The summed E-state index contributed by atoms with van der Waals surface area (Å²) in [6.07, 6.45) is -0.917. The minimum atomic E-state index is -0.917. The molecule has 1 radical (unpaired) electrons. The zero-order valence-electron chi connectivity index (χ0n) is 5.79. The van der Waals surface area contributed by atoms with Crippen LogP contribution in [0.4, 0.5) is 6.01 Å². The van der Waals surface area contributed by atoms with Crippen LogP contribution in [0.3, 0.4) is 0 Å². The number of hydrogen-bond donors (Lipinski definition) is 1. The fourth-order valence-corrected chi connectivity index (χ4v) is 0.530. The second kappa shape index (κ2) is 2.66. The van der Waals surface area contributed by atoms with Crippen molar-refractivity contribution in [3.63, 3.8) is 0 Å². The van der Waals surface area contributed by atoms with Gasteiger partial charge in [-0.25, -0.2) is 5.11 Å². The van der Waals surface area contributed by atoms with Gasteiger partial charge in [0, 0.05) is 0 Å². The van der Waals surface area contributed by atoms with E-state index in [4.69, 9.17) is 0 Å². The third-order valence-corrected chi connectivity index (χ3v) is 0.854. The molecule has 1 aromatic rings. The van der Waals surface area contributed by atoms with Crippen LogP contribution < -0.4 is 5.32 Å². The summed E-state index contributed by atoms with van der Waals surface area (Å²) in [6.45, 7) is 3.14. The first-order valence-electron chi connectivity index (χ1n) is 2.91. The molecule has 1 unspecified atom stereocenters. The number of rotatable bonds is 2. The first-order valence-corrected chi connectivity index (χ1v) is 2.91. The van der Waals surface area contributed by atoms with Crippen molar-refractivity contribution in [2.45, 2.75) is 20.1 Å². The van der Waals surface area contributed by atoms with Crippen molar-refractivity contribution in [1.82, 2.24) is 10.1 Å². The molecule has 1 N–H and O–H groups in total. The van der Waals surface area contributed by atoms with Gasteiger partial charge in [-0.2, -0.15) is 4.98 Å². The Kier molecular flexibility index (Phi) is 1.86. The third-order valence-electron chi connectivity index (χ3n) is 0.854. The second-order valence-electron chi connectivity index (χ2n) is 1.93. The lowest BCUT2D eigenvalue weighted by Crippen LogP contribution is -2.11. The number of nitrogens with zero attached hydrogens (tertiary/aromatic N) is 2. The van der Waals surface area contributed by atoms with Crippen molar-refractivity contribution in [3.8, 4) is 0 Å². The standard InChI is InChI=1S/C5H8N3O2/c1-3-6-5(10-8-3)7-4(2)9/h4H,1-2H3,(H,6,7,8). The summed E-state index contributed by atoms with van der Waals surface area (Å²) in [5.41, 5.74) is 0. The number of anilines is 1. The Hall–Kier alpha value is -1.10. The van der Waals surface area contributed by atoms with Crippen molar-refractivity contribution in [3.05, 3.63) is 5.82 Å². The van der Waals surface area contributed by atoms with Crippen LogP contribution in [0.5, 0.6) is 0 Å². The summed E-state index contributed by atoms with van der Waals surface area (Å²) in [4.78, 5) is 3.76. The highest BCUT2D eigenvalue weighted by Crippen LogP contribution is 2.02. The van der Waals surface area contributed by atoms with Gasteiger partial charge in [0.25, 0.3) is 0 Å². The highest BCUT2D eigenvalue weighted by Gasteiger charge is 2.03. The van der Waals surface area contributed by atoms with Gasteiger partial charge in [0.2, 0.25) is 0 Å². The normalized spacial score (nSPS) is 13.1. The number of hydrogen-bond acceptors (Lipinski definition) is 4. The predicted molar refractivity (Wildman–Crippen MR) is 32.8 cm³/mol. The van der Waals surface area contributed by atoms with Gasteiger partial charge in [-0.05, 0) is 13.8 Å². The smallest absolute Gasteiger partial charge is 0.315 e. The number of nitrogens with one attached hydrogen (secondary N) is 1. The van der Waals surface area contributed by atoms with E-state index in [1.807, 2.05) is 0 Å². The Balaban J connectivity index is 2.58. The summed E-state index contributed by atoms with van der Waals surface area (Å²) in [7, 11) is 0. The van der Waals surface area contributed by atoms with Crippen molar-refractivity contribution in [2.75, 3.05) is 5.32 Å². The van der Waals surface area contributed by atoms with Gasteiger partial charge in [0.1, 0.15) is 0 Å². The molecule has 5 nitrogen and oxygen atoms in total. The van der Waals surface area contributed by atoms with Crippen LogP contribution in [0.25, 0.3) is 0 Å². The van der Waals surface area contributed by atoms with E-state index in [0.29, 0.717) is 5.82 Å². The predicted octanol–water partition coefficient (Wildman–Crippen LogP) is 0.566. The Labute approximate surface area is 58.1 Å². The molecular weight excluding hydrogens is 134 g/mol. The van der Waals surface area contributed by atoms with Gasteiger partial charge in [-0.15, -0.1) is 0 Å². The van der Waals surface area contributed by atoms with Crippen LogP contribution >= 0.6 is 0 Å². The zero-order chi connectivity index (χ0) is 7.56. The monoisotopic (exact) mass is 142 g/mol. The van der Waals surface area contributed by atoms with Gasteiger partial charge in [0.05, 0.1) is 0 Å². The molecule has 0 aromatic carbocycles. The van der Waals surface area contributed by atoms with E-state index in [9.17, 15) is 5.11 Å². The molecule has 55 valence electrons. The highest BCUT2D eigenvalue weighted by molar-refractivity contribution is 5.17. The quantitative estimate of drug-likeness (QED) is 0.612. The summed E-state index contributed by atoms with van der Waals surface area (Å²) < 4.78 is 4.60. The Bertz CT molecular complexity index is 208. The van der Waals surface area contributed by atoms with Crippen molar-refractivity contribution in [2.24, 2.45) is 0 Å². The Morgan fingerprint density at radius 1 is 1.70 bits per heavy atom. The van der Waals surface area contributed by atoms with E-state index in [1.165, 1.54) is 6.92 Å². The molecule has 0 aliphatic heterocycles. The maximum atomic E-state index is 10.5. The maximum Gasteiger partial charge on any atom is 0.323 e. The van der Waals surface area contributed by atoms with Gasteiger partial charge >= 0.3 is 6.01 Å². The summed E-state index contributed by atoms with van der Waals surface area (Å²) >= 11 is 0. The number of aromatic nitrogens is 2. The van der Waals surface area contributed by atoms with E-state index >= 15 is 0 Å². The number of aryl methyl sites for hydroxylation is 1. The molecule has 0 bridgehead atoms.